The number of fused-ring (bicyclic) bond motifs is 1. The molecule has 162 valence electrons. The van der Waals surface area contributed by atoms with Gasteiger partial charge in [-0.25, -0.2) is 9.18 Å². The van der Waals surface area contributed by atoms with Crippen LogP contribution >= 0.6 is 15.9 Å². The van der Waals surface area contributed by atoms with Gasteiger partial charge in [-0.05, 0) is 77.3 Å². The molecular weight excluding hydrogens is 477 g/mol. The molecule has 2 N–H and O–H groups in total. The Morgan fingerprint density at radius 1 is 1.06 bits per heavy atom. The zero-order valence-corrected chi connectivity index (χ0v) is 18.9. The number of ether oxygens (including phenoxy) is 1. The van der Waals surface area contributed by atoms with Gasteiger partial charge >= 0.3 is 5.97 Å². The van der Waals surface area contributed by atoms with Crippen molar-refractivity contribution in [3.8, 4) is 5.75 Å². The quantitative estimate of drug-likeness (QED) is 0.455. The highest BCUT2D eigenvalue weighted by molar-refractivity contribution is 9.10. The van der Waals surface area contributed by atoms with Crippen molar-refractivity contribution in [3.05, 3.63) is 99.3 Å². The maximum Gasteiger partial charge on any atom is 0.338 e. The summed E-state index contributed by atoms with van der Waals surface area (Å²) in [4.78, 5) is 23.9. The third-order valence-corrected chi connectivity index (χ3v) is 5.58. The van der Waals surface area contributed by atoms with Gasteiger partial charge < -0.3 is 15.2 Å². The Balaban J connectivity index is 1.72. The SMILES string of the molecule is CC1(C)C=C(c2ccccc2)c2cc(C(=O)Nc3ccc(C(=O)O)c(F)c3)cc(Br)c2O1. The molecule has 0 fully saturated rings. The fraction of sp³-hybridized carbons (Fsp3) is 0.120. The Bertz CT molecular complexity index is 1270. The highest BCUT2D eigenvalue weighted by Gasteiger charge is 2.30. The minimum absolute atomic E-state index is 0.155. The Morgan fingerprint density at radius 3 is 2.44 bits per heavy atom. The lowest BCUT2D eigenvalue weighted by molar-refractivity contribution is 0.0691. The highest BCUT2D eigenvalue weighted by atomic mass is 79.9. The van der Waals surface area contributed by atoms with Crippen LogP contribution in [0.4, 0.5) is 10.1 Å². The number of carbonyl (C=O) groups excluding carboxylic acids is 1. The monoisotopic (exact) mass is 495 g/mol. The van der Waals surface area contributed by atoms with Crippen molar-refractivity contribution < 1.29 is 23.8 Å². The molecule has 1 amide bonds. The van der Waals surface area contributed by atoms with E-state index in [0.29, 0.717) is 15.8 Å². The molecule has 32 heavy (non-hydrogen) atoms. The van der Waals surface area contributed by atoms with Crippen molar-refractivity contribution in [1.29, 1.82) is 0 Å². The van der Waals surface area contributed by atoms with Gasteiger partial charge in [-0.1, -0.05) is 30.3 Å². The van der Waals surface area contributed by atoms with Crippen LogP contribution in [-0.2, 0) is 0 Å². The van der Waals surface area contributed by atoms with E-state index in [2.05, 4.69) is 21.2 Å². The molecule has 0 aliphatic carbocycles. The second-order valence-corrected chi connectivity index (χ2v) is 8.77. The molecule has 7 heteroatoms. The van der Waals surface area contributed by atoms with Crippen molar-refractivity contribution in [3.63, 3.8) is 0 Å². The zero-order chi connectivity index (χ0) is 23.0. The molecule has 3 aromatic carbocycles. The van der Waals surface area contributed by atoms with Crippen LogP contribution in [0.5, 0.6) is 5.75 Å². The van der Waals surface area contributed by atoms with Crippen molar-refractivity contribution in [2.24, 2.45) is 0 Å². The van der Waals surface area contributed by atoms with E-state index in [1.165, 1.54) is 6.07 Å². The summed E-state index contributed by atoms with van der Waals surface area (Å²) < 4.78 is 20.8. The summed E-state index contributed by atoms with van der Waals surface area (Å²) in [6.45, 7) is 3.92. The summed E-state index contributed by atoms with van der Waals surface area (Å²) in [5, 5.41) is 11.6. The highest BCUT2D eigenvalue weighted by Crippen LogP contribution is 2.44. The predicted molar refractivity (Wildman–Crippen MR) is 124 cm³/mol. The van der Waals surface area contributed by atoms with Gasteiger partial charge in [0.05, 0.1) is 10.0 Å². The Kier molecular flexibility index (Phi) is 5.60. The van der Waals surface area contributed by atoms with E-state index in [1.54, 1.807) is 12.1 Å². The molecule has 5 nitrogen and oxygen atoms in total. The number of hydrogen-bond acceptors (Lipinski definition) is 3. The Labute approximate surface area is 192 Å². The lowest BCUT2D eigenvalue weighted by atomic mass is 9.89. The summed E-state index contributed by atoms with van der Waals surface area (Å²) in [5.41, 5.74) is 2.16. The van der Waals surface area contributed by atoms with Gasteiger partial charge in [0.1, 0.15) is 17.2 Å². The minimum Gasteiger partial charge on any atom is -0.482 e. The maximum atomic E-state index is 14.0. The van der Waals surface area contributed by atoms with Gasteiger partial charge in [-0.2, -0.15) is 0 Å². The van der Waals surface area contributed by atoms with E-state index in [9.17, 15) is 14.0 Å². The molecule has 1 aliphatic rings. The fourth-order valence-electron chi connectivity index (χ4n) is 3.57. The van der Waals surface area contributed by atoms with E-state index < -0.39 is 28.9 Å². The van der Waals surface area contributed by atoms with Crippen molar-refractivity contribution in [2.75, 3.05) is 5.32 Å². The molecule has 0 radical (unpaired) electrons. The number of amides is 1. The van der Waals surface area contributed by atoms with Crippen LogP contribution in [0.2, 0.25) is 0 Å². The molecule has 0 unspecified atom stereocenters. The van der Waals surface area contributed by atoms with Gasteiger partial charge in [0, 0.05) is 16.8 Å². The number of nitrogens with one attached hydrogen (secondary N) is 1. The number of carbonyl (C=O) groups is 2. The van der Waals surface area contributed by atoms with E-state index in [4.69, 9.17) is 9.84 Å². The molecule has 1 heterocycles. The first-order valence-corrected chi connectivity index (χ1v) is 10.6. The number of carboxylic acids is 1. The number of carboxylic acid groups (broad SMARTS) is 1. The fourth-order valence-corrected chi connectivity index (χ4v) is 4.11. The van der Waals surface area contributed by atoms with Gasteiger partial charge in [0.2, 0.25) is 0 Å². The molecule has 3 aromatic rings. The number of halogens is 2. The average molecular weight is 496 g/mol. The minimum atomic E-state index is -1.37. The van der Waals surface area contributed by atoms with E-state index in [1.807, 2.05) is 50.3 Å². The summed E-state index contributed by atoms with van der Waals surface area (Å²) in [7, 11) is 0. The van der Waals surface area contributed by atoms with Crippen LogP contribution in [0.25, 0.3) is 5.57 Å². The smallest absolute Gasteiger partial charge is 0.338 e. The van der Waals surface area contributed by atoms with Gasteiger partial charge in [-0.3, -0.25) is 4.79 Å². The largest absolute Gasteiger partial charge is 0.482 e. The summed E-state index contributed by atoms with van der Waals surface area (Å²) in [5.74, 6) is -2.13. The van der Waals surface area contributed by atoms with E-state index in [0.717, 1.165) is 28.8 Å². The van der Waals surface area contributed by atoms with Crippen LogP contribution in [0.3, 0.4) is 0 Å². The second kappa shape index (κ2) is 8.24. The summed E-state index contributed by atoms with van der Waals surface area (Å²) >= 11 is 3.52. The maximum absolute atomic E-state index is 14.0. The first kappa shape index (κ1) is 21.8. The first-order valence-electron chi connectivity index (χ1n) is 9.80. The van der Waals surface area contributed by atoms with E-state index >= 15 is 0 Å². The third-order valence-electron chi connectivity index (χ3n) is 5.00. The van der Waals surface area contributed by atoms with Gasteiger partial charge in [-0.15, -0.1) is 0 Å². The predicted octanol–water partition coefficient (Wildman–Crippen LogP) is 6.14. The lowest BCUT2D eigenvalue weighted by Crippen LogP contribution is -2.29. The summed E-state index contributed by atoms with van der Waals surface area (Å²) in [6.07, 6.45) is 2.01. The van der Waals surface area contributed by atoms with Gasteiger partial charge in [0.15, 0.2) is 0 Å². The molecular formula is C25H19BrFNO4. The molecule has 0 spiro atoms. The molecule has 1 aliphatic heterocycles. The zero-order valence-electron chi connectivity index (χ0n) is 17.3. The van der Waals surface area contributed by atoms with Crippen LogP contribution in [0, 0.1) is 5.82 Å². The third kappa shape index (κ3) is 4.29. The normalized spacial score (nSPS) is 14.1. The Hall–Kier alpha value is -3.45. The van der Waals surface area contributed by atoms with Crippen LogP contribution < -0.4 is 10.1 Å². The molecule has 0 aromatic heterocycles. The van der Waals surface area contributed by atoms with E-state index in [-0.39, 0.29) is 5.69 Å². The lowest BCUT2D eigenvalue weighted by Gasteiger charge is -2.32. The topological polar surface area (TPSA) is 75.6 Å². The van der Waals surface area contributed by atoms with Crippen LogP contribution in [0.1, 0.15) is 45.7 Å². The second-order valence-electron chi connectivity index (χ2n) is 7.92. The number of aromatic carboxylic acids is 1. The Morgan fingerprint density at radius 2 is 1.78 bits per heavy atom. The van der Waals surface area contributed by atoms with Crippen molar-refractivity contribution in [1.82, 2.24) is 0 Å². The molecule has 4 rings (SSSR count). The molecule has 0 bridgehead atoms. The standard InChI is InChI=1S/C25H19BrFNO4/c1-25(2)13-19(14-6-4-3-5-7-14)18-10-15(11-20(26)22(18)32-25)23(29)28-16-8-9-17(24(30)31)21(27)12-16/h3-13H,1-2H3,(H,28,29)(H,30,31). The van der Waals surface area contributed by atoms with Crippen molar-refractivity contribution >= 4 is 39.1 Å². The summed E-state index contributed by atoms with van der Waals surface area (Å²) in [6, 6.07) is 16.6. The van der Waals surface area contributed by atoms with Crippen LogP contribution in [-0.4, -0.2) is 22.6 Å². The molecule has 0 saturated carbocycles. The van der Waals surface area contributed by atoms with Gasteiger partial charge in [0.25, 0.3) is 5.91 Å². The molecule has 0 saturated heterocycles. The van der Waals surface area contributed by atoms with Crippen molar-refractivity contribution in [2.45, 2.75) is 19.4 Å². The number of anilines is 1. The first-order chi connectivity index (χ1) is 15.1. The number of benzene rings is 3. The number of rotatable bonds is 4. The van der Waals surface area contributed by atoms with Crippen LogP contribution in [0.15, 0.2) is 71.2 Å². The number of hydrogen-bond donors (Lipinski definition) is 2. The average Bonchev–Trinajstić information content (AvgIpc) is 2.73. The molecule has 0 atom stereocenters.